The van der Waals surface area contributed by atoms with Crippen molar-refractivity contribution in [2.24, 2.45) is 0 Å². The van der Waals surface area contributed by atoms with Crippen LogP contribution in [-0.4, -0.2) is 44.9 Å². The van der Waals surface area contributed by atoms with Crippen LogP contribution in [0, 0.1) is 13.8 Å². The second-order valence-electron chi connectivity index (χ2n) is 7.18. The number of fused-ring (bicyclic) bond motifs is 1. The molecule has 1 aliphatic heterocycles. The number of thiazole rings is 1. The lowest BCUT2D eigenvalue weighted by Crippen LogP contribution is -2.25. The van der Waals surface area contributed by atoms with E-state index in [-0.39, 0.29) is 5.91 Å². The quantitative estimate of drug-likeness (QED) is 0.569. The second-order valence-corrected chi connectivity index (χ2v) is 8.26. The standard InChI is InChI=1S/C19H19N5OS.C2HF3O2/c1-12-5-3-6-14(11-12)20-18(25)19-21-17-15(26-19)7-4-10-24(17)16-9-8-13(2)22-23-16;3-2(4,5)1(6)7/h3,5-6,8-9,11H,4,7,10H2,1-2H3,(H,20,25);(H,6,7). The summed E-state index contributed by atoms with van der Waals surface area (Å²) < 4.78 is 31.7. The minimum absolute atomic E-state index is 0.176. The van der Waals surface area contributed by atoms with Gasteiger partial charge in [-0.3, -0.25) is 4.79 Å². The van der Waals surface area contributed by atoms with E-state index in [9.17, 15) is 18.0 Å². The zero-order valence-corrected chi connectivity index (χ0v) is 18.5. The third-order valence-electron chi connectivity index (χ3n) is 4.49. The van der Waals surface area contributed by atoms with Crippen LogP contribution in [0.2, 0.25) is 0 Å². The summed E-state index contributed by atoms with van der Waals surface area (Å²) >= 11 is 1.46. The predicted molar refractivity (Wildman–Crippen MR) is 117 cm³/mol. The largest absolute Gasteiger partial charge is 0.490 e. The molecule has 8 nitrogen and oxygen atoms in total. The number of nitrogens with one attached hydrogen (secondary N) is 1. The van der Waals surface area contributed by atoms with Gasteiger partial charge < -0.3 is 15.3 Å². The Hall–Kier alpha value is -3.54. The molecule has 0 aliphatic carbocycles. The summed E-state index contributed by atoms with van der Waals surface area (Å²) in [6, 6.07) is 11.6. The number of carboxylic acid groups (broad SMARTS) is 1. The van der Waals surface area contributed by atoms with Gasteiger partial charge in [-0.15, -0.1) is 16.4 Å². The Balaban J connectivity index is 0.000000383. The van der Waals surface area contributed by atoms with Gasteiger partial charge in [0.15, 0.2) is 10.8 Å². The molecule has 0 atom stereocenters. The Morgan fingerprint density at radius 2 is 1.88 bits per heavy atom. The van der Waals surface area contributed by atoms with Gasteiger partial charge in [0.2, 0.25) is 0 Å². The number of rotatable bonds is 3. The lowest BCUT2D eigenvalue weighted by molar-refractivity contribution is -0.192. The molecule has 174 valence electrons. The lowest BCUT2D eigenvalue weighted by Gasteiger charge is -2.25. The molecule has 0 fully saturated rings. The van der Waals surface area contributed by atoms with Gasteiger partial charge in [0, 0.05) is 17.1 Å². The lowest BCUT2D eigenvalue weighted by atomic mass is 10.2. The highest BCUT2D eigenvalue weighted by molar-refractivity contribution is 7.14. The third kappa shape index (κ3) is 6.25. The summed E-state index contributed by atoms with van der Waals surface area (Å²) in [4.78, 5) is 29.3. The SMILES string of the molecule is Cc1cccc(NC(=O)c2nc3c(s2)CCCN3c2ccc(C)nn2)c1.O=C(O)C(F)(F)F. The monoisotopic (exact) mass is 479 g/mol. The molecule has 1 aliphatic rings. The van der Waals surface area contributed by atoms with Crippen molar-refractivity contribution in [2.45, 2.75) is 32.9 Å². The molecule has 2 aromatic heterocycles. The highest BCUT2D eigenvalue weighted by Crippen LogP contribution is 2.35. The van der Waals surface area contributed by atoms with E-state index in [1.54, 1.807) is 0 Å². The van der Waals surface area contributed by atoms with E-state index < -0.39 is 12.1 Å². The number of aromatic nitrogens is 3. The Kier molecular flexibility index (Phi) is 7.26. The predicted octanol–water partition coefficient (Wildman–Crippen LogP) is 4.52. The topological polar surface area (TPSA) is 108 Å². The Labute approximate surface area is 191 Å². The van der Waals surface area contributed by atoms with Crippen LogP contribution < -0.4 is 10.2 Å². The van der Waals surface area contributed by atoms with Crippen molar-refractivity contribution < 1.29 is 27.9 Å². The molecule has 0 unspecified atom stereocenters. The van der Waals surface area contributed by atoms with Crippen LogP contribution in [0.25, 0.3) is 0 Å². The number of aliphatic carboxylic acids is 1. The van der Waals surface area contributed by atoms with Gasteiger partial charge in [-0.25, -0.2) is 9.78 Å². The fourth-order valence-electron chi connectivity index (χ4n) is 2.98. The van der Waals surface area contributed by atoms with E-state index >= 15 is 0 Å². The Bertz CT molecular complexity index is 1150. The molecule has 0 radical (unpaired) electrons. The summed E-state index contributed by atoms with van der Waals surface area (Å²) in [6.45, 7) is 4.74. The van der Waals surface area contributed by atoms with E-state index in [1.165, 1.54) is 11.3 Å². The van der Waals surface area contributed by atoms with Crippen molar-refractivity contribution in [1.29, 1.82) is 0 Å². The van der Waals surface area contributed by atoms with Gasteiger partial charge in [0.05, 0.1) is 5.69 Å². The molecule has 0 spiro atoms. The zero-order valence-electron chi connectivity index (χ0n) is 17.7. The average molecular weight is 479 g/mol. The van der Waals surface area contributed by atoms with Crippen molar-refractivity contribution in [3.63, 3.8) is 0 Å². The minimum atomic E-state index is -5.08. The highest BCUT2D eigenvalue weighted by Gasteiger charge is 2.38. The zero-order chi connectivity index (χ0) is 24.2. The van der Waals surface area contributed by atoms with Crippen molar-refractivity contribution in [1.82, 2.24) is 15.2 Å². The number of hydrogen-bond donors (Lipinski definition) is 2. The van der Waals surface area contributed by atoms with Crippen molar-refractivity contribution >= 4 is 40.5 Å². The maximum atomic E-state index is 12.6. The van der Waals surface area contributed by atoms with Crippen LogP contribution in [-0.2, 0) is 11.2 Å². The first-order chi connectivity index (χ1) is 15.5. The maximum absolute atomic E-state index is 12.6. The first kappa shape index (κ1) is 24.1. The van der Waals surface area contributed by atoms with Crippen LogP contribution in [0.15, 0.2) is 36.4 Å². The van der Waals surface area contributed by atoms with Gasteiger partial charge in [0.1, 0.15) is 5.82 Å². The van der Waals surface area contributed by atoms with E-state index in [4.69, 9.17) is 9.90 Å². The van der Waals surface area contributed by atoms with Gasteiger partial charge in [-0.1, -0.05) is 12.1 Å². The molecule has 12 heteroatoms. The summed E-state index contributed by atoms with van der Waals surface area (Å²) in [5.74, 6) is -1.33. The smallest absolute Gasteiger partial charge is 0.475 e. The number of aryl methyl sites for hydroxylation is 3. The molecular weight excluding hydrogens is 459 g/mol. The molecule has 1 amide bonds. The van der Waals surface area contributed by atoms with Gasteiger partial charge in [-0.2, -0.15) is 18.3 Å². The number of halogens is 3. The van der Waals surface area contributed by atoms with Crippen LogP contribution >= 0.6 is 11.3 Å². The van der Waals surface area contributed by atoms with Crippen LogP contribution in [0.1, 0.15) is 32.4 Å². The minimum Gasteiger partial charge on any atom is -0.475 e. The van der Waals surface area contributed by atoms with Crippen LogP contribution in [0.4, 0.5) is 30.5 Å². The molecule has 0 bridgehead atoms. The van der Waals surface area contributed by atoms with E-state index in [2.05, 4.69) is 20.5 Å². The Morgan fingerprint density at radius 3 is 2.48 bits per heavy atom. The molecule has 2 N–H and O–H groups in total. The molecular formula is C21H20F3N5O3S. The third-order valence-corrected chi connectivity index (χ3v) is 5.59. The van der Waals surface area contributed by atoms with E-state index in [0.717, 1.165) is 52.8 Å². The molecule has 0 saturated carbocycles. The van der Waals surface area contributed by atoms with Crippen LogP contribution in [0.3, 0.4) is 0 Å². The molecule has 3 aromatic rings. The average Bonchev–Trinajstić information content (AvgIpc) is 3.19. The number of alkyl halides is 3. The van der Waals surface area contributed by atoms with Gasteiger partial charge >= 0.3 is 12.1 Å². The van der Waals surface area contributed by atoms with E-state index in [0.29, 0.717) is 5.01 Å². The number of carboxylic acids is 1. The number of carbonyl (C=O) groups is 2. The number of nitrogens with zero attached hydrogens (tertiary/aromatic N) is 4. The first-order valence-corrected chi connectivity index (χ1v) is 10.6. The van der Waals surface area contributed by atoms with Crippen molar-refractivity contribution in [3.8, 4) is 0 Å². The van der Waals surface area contributed by atoms with Gasteiger partial charge in [-0.05, 0) is 56.5 Å². The highest BCUT2D eigenvalue weighted by atomic mass is 32.1. The van der Waals surface area contributed by atoms with Crippen molar-refractivity contribution in [3.05, 3.63) is 57.5 Å². The fraction of sp³-hybridized carbons (Fsp3) is 0.286. The molecule has 3 heterocycles. The molecule has 4 rings (SSSR count). The number of carbonyl (C=O) groups excluding carboxylic acids is 1. The summed E-state index contributed by atoms with van der Waals surface area (Å²) in [6.07, 6.45) is -3.15. The first-order valence-electron chi connectivity index (χ1n) is 9.80. The number of benzene rings is 1. The van der Waals surface area contributed by atoms with E-state index in [1.807, 2.05) is 55.1 Å². The summed E-state index contributed by atoms with van der Waals surface area (Å²) in [5, 5.41) is 18.9. The maximum Gasteiger partial charge on any atom is 0.490 e. The van der Waals surface area contributed by atoms with Gasteiger partial charge in [0.25, 0.3) is 5.91 Å². The fourth-order valence-corrected chi connectivity index (χ4v) is 3.99. The second kappa shape index (κ2) is 9.94. The Morgan fingerprint density at radius 1 is 1.15 bits per heavy atom. The molecule has 0 saturated heterocycles. The number of anilines is 3. The normalized spacial score (nSPS) is 12.9. The number of hydrogen-bond acceptors (Lipinski definition) is 7. The molecule has 1 aromatic carbocycles. The summed E-state index contributed by atoms with van der Waals surface area (Å²) in [5.41, 5.74) is 2.76. The number of amides is 1. The van der Waals surface area contributed by atoms with Crippen LogP contribution in [0.5, 0.6) is 0 Å². The summed E-state index contributed by atoms with van der Waals surface area (Å²) in [7, 11) is 0. The molecule has 33 heavy (non-hydrogen) atoms. The van der Waals surface area contributed by atoms with Crippen molar-refractivity contribution in [2.75, 3.05) is 16.8 Å².